The van der Waals surface area contributed by atoms with Gasteiger partial charge in [0.2, 0.25) is 0 Å². The number of hydrogen-bond acceptors (Lipinski definition) is 6. The summed E-state index contributed by atoms with van der Waals surface area (Å²) in [6, 6.07) is 9.25. The molecule has 2 aliphatic heterocycles. The standard InChI is InChI=1S/C39H65BrOS2.C39H66OS2/c1-28(2)13-9-15-30(5)17-11-19-32(7)21-24-39(25-22-33(8)20-12-18-31(6)16-10-14-29(3)4)34-27-36(40)43-37(34)38-35(41-39)23-26-42-38;1-29(2)13-9-15-31(5)17-11-19-33(7)21-25-39(35-23-27-41-37(35)38-36(40-39)24-28-42-38)26-22-34(8)20-12-18-32(6)16-10-14-30(3)4/h23,26-33H,9-22,24-25H2,1-8H3;23-24,27-34H,9-22,25-26H2,1-8H3. The SMILES string of the molecule is CC(C)CCCC(C)CCCC(C)CCC1(CCC(C)CCCC(C)CCCC(C)C)Oc2ccsc2-c2sc(Br)cc21.CC(C)CCCC(C)CCCC(C)CCC1(CCC(C)CCCC(C)CCCC(C)C)Oc2ccsc2-c2sccc21. The van der Waals surface area contributed by atoms with Gasteiger partial charge in [-0.15, -0.1) is 45.3 Å². The molecule has 0 fully saturated rings. The van der Waals surface area contributed by atoms with E-state index in [4.69, 9.17) is 9.47 Å². The predicted molar refractivity (Wildman–Crippen MR) is 388 cm³/mol. The van der Waals surface area contributed by atoms with Crippen LogP contribution in [0.2, 0.25) is 0 Å². The van der Waals surface area contributed by atoms with Crippen LogP contribution in [0, 0.1) is 71.0 Å². The Balaban J connectivity index is 0.000000311. The second-order valence-corrected chi connectivity index (χ2v) is 36.1. The highest BCUT2D eigenvalue weighted by molar-refractivity contribution is 9.11. The van der Waals surface area contributed by atoms with Gasteiger partial charge in [0.1, 0.15) is 22.7 Å². The Morgan fingerprint density at radius 1 is 0.318 bits per heavy atom. The third-order valence-corrected chi connectivity index (χ3v) is 25.0. The van der Waals surface area contributed by atoms with Crippen molar-refractivity contribution in [1.82, 2.24) is 0 Å². The molecular weight excluding hydrogens is 1180 g/mol. The lowest BCUT2D eigenvalue weighted by molar-refractivity contribution is 0.0321. The van der Waals surface area contributed by atoms with Crippen molar-refractivity contribution < 1.29 is 9.47 Å². The lowest BCUT2D eigenvalue weighted by Gasteiger charge is -2.39. The summed E-state index contributed by atoms with van der Waals surface area (Å²) in [5.74, 6) is 12.1. The van der Waals surface area contributed by atoms with Crippen LogP contribution in [0.4, 0.5) is 0 Å². The van der Waals surface area contributed by atoms with Crippen molar-refractivity contribution in [3.8, 4) is 31.0 Å². The molecule has 486 valence electrons. The van der Waals surface area contributed by atoms with E-state index in [1.54, 1.807) is 0 Å². The van der Waals surface area contributed by atoms with E-state index < -0.39 is 0 Å². The van der Waals surface area contributed by atoms with Crippen molar-refractivity contribution in [3.63, 3.8) is 0 Å². The molecule has 0 bridgehead atoms. The average Bonchev–Trinajstić information content (AvgIpc) is 1.81. The number of fused-ring (bicyclic) bond motifs is 6. The van der Waals surface area contributed by atoms with E-state index in [1.807, 2.05) is 45.3 Å². The molecule has 0 spiro atoms. The van der Waals surface area contributed by atoms with Gasteiger partial charge in [-0.05, 0) is 179 Å². The molecule has 0 saturated carbocycles. The molecule has 0 aromatic carbocycles. The molecule has 6 heterocycles. The number of ether oxygens (including phenoxy) is 2. The Labute approximate surface area is 551 Å². The average molecular weight is 1310 g/mol. The monoisotopic (exact) mass is 1310 g/mol. The number of halogens is 1. The van der Waals surface area contributed by atoms with Gasteiger partial charge in [0.25, 0.3) is 0 Å². The highest BCUT2D eigenvalue weighted by atomic mass is 79.9. The molecule has 8 unspecified atom stereocenters. The van der Waals surface area contributed by atoms with E-state index >= 15 is 0 Å². The van der Waals surface area contributed by atoms with Crippen LogP contribution in [-0.4, -0.2) is 0 Å². The molecule has 0 aliphatic carbocycles. The molecule has 85 heavy (non-hydrogen) atoms. The summed E-state index contributed by atoms with van der Waals surface area (Å²) in [7, 11) is 0. The van der Waals surface area contributed by atoms with Crippen LogP contribution in [0.1, 0.15) is 327 Å². The van der Waals surface area contributed by atoms with Crippen molar-refractivity contribution in [2.45, 2.75) is 327 Å². The Bertz CT molecular complexity index is 2270. The van der Waals surface area contributed by atoms with Gasteiger partial charge < -0.3 is 9.47 Å². The quantitative estimate of drug-likeness (QED) is 0.0439. The Morgan fingerprint density at radius 3 is 0.894 bits per heavy atom. The van der Waals surface area contributed by atoms with Crippen LogP contribution in [0.15, 0.2) is 44.2 Å². The van der Waals surface area contributed by atoms with Crippen molar-refractivity contribution in [2.75, 3.05) is 0 Å². The normalized spacial score (nSPS) is 19.3. The highest BCUT2D eigenvalue weighted by Gasteiger charge is 2.44. The summed E-state index contributed by atoms with van der Waals surface area (Å²) in [6.45, 7) is 38.7. The molecule has 4 aromatic rings. The first-order valence-electron chi connectivity index (χ1n) is 36.0. The number of rotatable bonds is 44. The maximum atomic E-state index is 7.11. The fraction of sp³-hybridized carbons (Fsp3) is 0.795. The highest BCUT2D eigenvalue weighted by Crippen LogP contribution is 2.57. The fourth-order valence-electron chi connectivity index (χ4n) is 14.2. The predicted octanol–water partition coefficient (Wildman–Crippen LogP) is 29.1. The van der Waals surface area contributed by atoms with Gasteiger partial charge in [-0.1, -0.05) is 265 Å². The second-order valence-electron chi connectivity index (χ2n) is 30.9. The van der Waals surface area contributed by atoms with Crippen molar-refractivity contribution in [2.24, 2.45) is 71.0 Å². The van der Waals surface area contributed by atoms with Crippen molar-refractivity contribution in [1.29, 1.82) is 0 Å². The zero-order valence-electron chi connectivity index (χ0n) is 57.9. The lowest BCUT2D eigenvalue weighted by Crippen LogP contribution is -2.36. The topological polar surface area (TPSA) is 18.5 Å². The smallest absolute Gasteiger partial charge is 0.140 e. The molecule has 0 radical (unpaired) electrons. The van der Waals surface area contributed by atoms with Crippen LogP contribution < -0.4 is 9.47 Å². The molecule has 4 aromatic heterocycles. The van der Waals surface area contributed by atoms with E-state index in [2.05, 4.69) is 167 Å². The first-order chi connectivity index (χ1) is 40.6. The zero-order chi connectivity index (χ0) is 61.9. The molecular formula is C78H131BrO2S4. The third kappa shape index (κ3) is 26.6. The molecule has 8 atom stereocenters. The van der Waals surface area contributed by atoms with Crippen LogP contribution in [0.3, 0.4) is 0 Å². The molecule has 2 aliphatic rings. The van der Waals surface area contributed by atoms with Crippen LogP contribution in [0.5, 0.6) is 11.5 Å². The second kappa shape index (κ2) is 39.3. The summed E-state index contributed by atoms with van der Waals surface area (Å²) in [5.41, 5.74) is 2.60. The Kier molecular flexibility index (Phi) is 34.5. The van der Waals surface area contributed by atoms with E-state index in [0.717, 1.165) is 108 Å². The Hall–Kier alpha value is -1.12. The first-order valence-corrected chi connectivity index (χ1v) is 40.2. The minimum absolute atomic E-state index is 0.153. The van der Waals surface area contributed by atoms with E-state index in [1.165, 1.54) is 214 Å². The fourth-order valence-corrected chi connectivity index (χ4v) is 18.8. The molecule has 0 saturated heterocycles. The van der Waals surface area contributed by atoms with Crippen LogP contribution in [-0.2, 0) is 11.2 Å². The molecule has 0 N–H and O–H groups in total. The summed E-state index contributed by atoms with van der Waals surface area (Å²) < 4.78 is 15.4. The first kappa shape index (κ1) is 74.6. The minimum Gasteiger partial charge on any atom is -0.481 e. The summed E-state index contributed by atoms with van der Waals surface area (Å²) in [4.78, 5) is 5.63. The van der Waals surface area contributed by atoms with Crippen molar-refractivity contribution >= 4 is 61.3 Å². The minimum atomic E-state index is -0.192. The summed E-state index contributed by atoms with van der Waals surface area (Å²) in [5, 5.41) is 6.75. The van der Waals surface area contributed by atoms with Gasteiger partial charge in [-0.25, -0.2) is 0 Å². The number of hydrogen-bond donors (Lipinski definition) is 0. The molecule has 6 rings (SSSR count). The van der Waals surface area contributed by atoms with Crippen molar-refractivity contribution in [3.05, 3.63) is 55.3 Å². The number of thiophene rings is 4. The lowest BCUT2D eigenvalue weighted by atomic mass is 9.78. The van der Waals surface area contributed by atoms with Crippen LogP contribution >= 0.6 is 61.3 Å². The van der Waals surface area contributed by atoms with E-state index in [9.17, 15) is 0 Å². The van der Waals surface area contributed by atoms with Gasteiger partial charge in [0, 0.05) is 11.1 Å². The maximum Gasteiger partial charge on any atom is 0.140 e. The summed E-state index contributed by atoms with van der Waals surface area (Å²) >= 11 is 11.4. The maximum absolute atomic E-state index is 7.11. The van der Waals surface area contributed by atoms with Gasteiger partial charge in [-0.2, -0.15) is 0 Å². The van der Waals surface area contributed by atoms with Gasteiger partial charge in [-0.3, -0.25) is 0 Å². The third-order valence-electron chi connectivity index (χ3n) is 20.3. The Morgan fingerprint density at radius 2 is 0.576 bits per heavy atom. The van der Waals surface area contributed by atoms with E-state index in [-0.39, 0.29) is 11.2 Å². The summed E-state index contributed by atoms with van der Waals surface area (Å²) in [6.07, 6.45) is 42.8. The molecule has 2 nitrogen and oxygen atoms in total. The van der Waals surface area contributed by atoms with E-state index in [0.29, 0.717) is 0 Å². The molecule has 7 heteroatoms. The van der Waals surface area contributed by atoms with Gasteiger partial charge >= 0.3 is 0 Å². The van der Waals surface area contributed by atoms with Crippen LogP contribution in [0.25, 0.3) is 19.5 Å². The molecule has 0 amide bonds. The largest absolute Gasteiger partial charge is 0.481 e. The van der Waals surface area contributed by atoms with Gasteiger partial charge in [0.15, 0.2) is 0 Å². The van der Waals surface area contributed by atoms with Gasteiger partial charge in [0.05, 0.1) is 23.3 Å². The zero-order valence-corrected chi connectivity index (χ0v) is 62.8.